The minimum absolute atomic E-state index is 0.0561. The monoisotopic (exact) mass is 333 g/mol. The van der Waals surface area contributed by atoms with E-state index in [1.165, 1.54) is 31.5 Å². The Hall–Kier alpha value is -1.20. The number of nitrogens with zero attached hydrogens (tertiary/aromatic N) is 2. The van der Waals surface area contributed by atoms with E-state index in [0.717, 1.165) is 36.7 Å². The van der Waals surface area contributed by atoms with Crippen LogP contribution in [0.4, 0.5) is 10.5 Å². The van der Waals surface area contributed by atoms with Crippen LogP contribution in [-0.2, 0) is 0 Å². The quantitative estimate of drug-likeness (QED) is 0.920. The summed E-state index contributed by atoms with van der Waals surface area (Å²) in [6, 6.07) is 8.42. The first-order valence-electron chi connectivity index (χ1n) is 8.67. The number of hydrogen-bond donors (Lipinski definition) is 1. The maximum Gasteiger partial charge on any atom is 0.322 e. The van der Waals surface area contributed by atoms with E-state index in [0.29, 0.717) is 6.04 Å². The molecule has 0 aliphatic carbocycles. The van der Waals surface area contributed by atoms with Crippen LogP contribution in [-0.4, -0.2) is 59.6 Å². The van der Waals surface area contributed by atoms with Crippen molar-refractivity contribution in [3.8, 4) is 0 Å². The summed E-state index contributed by atoms with van der Waals surface area (Å²) in [6.45, 7) is 6.32. The highest BCUT2D eigenvalue weighted by atomic mass is 32.2. The molecule has 0 spiro atoms. The largest absolute Gasteiger partial charge is 0.322 e. The zero-order valence-corrected chi connectivity index (χ0v) is 14.8. The van der Waals surface area contributed by atoms with Crippen LogP contribution in [0.15, 0.2) is 24.3 Å². The fourth-order valence-electron chi connectivity index (χ4n) is 3.34. The van der Waals surface area contributed by atoms with Gasteiger partial charge in [-0.05, 0) is 57.2 Å². The SMILES string of the molecule is Cc1ccc(NC(=O)N2CCCSCC2CN2CCCC2)cc1. The second kappa shape index (κ2) is 8.06. The van der Waals surface area contributed by atoms with Gasteiger partial charge in [0.15, 0.2) is 0 Å². The molecule has 2 saturated heterocycles. The molecule has 126 valence electrons. The Balaban J connectivity index is 1.65. The molecule has 3 rings (SSSR count). The van der Waals surface area contributed by atoms with Crippen molar-refractivity contribution < 1.29 is 4.79 Å². The molecule has 4 nitrogen and oxygen atoms in total. The molecule has 5 heteroatoms. The molecular formula is C18H27N3OS. The molecule has 1 N–H and O–H groups in total. The summed E-state index contributed by atoms with van der Waals surface area (Å²) in [5.41, 5.74) is 2.10. The molecule has 2 heterocycles. The predicted molar refractivity (Wildman–Crippen MR) is 98.3 cm³/mol. The van der Waals surface area contributed by atoms with E-state index in [4.69, 9.17) is 0 Å². The number of carbonyl (C=O) groups excluding carboxylic acids is 1. The minimum atomic E-state index is 0.0561. The number of likely N-dealkylation sites (tertiary alicyclic amines) is 1. The van der Waals surface area contributed by atoms with Crippen molar-refractivity contribution in [3.63, 3.8) is 0 Å². The van der Waals surface area contributed by atoms with Crippen LogP contribution in [0.2, 0.25) is 0 Å². The number of nitrogens with one attached hydrogen (secondary N) is 1. The van der Waals surface area contributed by atoms with Crippen molar-refractivity contribution in [1.29, 1.82) is 0 Å². The van der Waals surface area contributed by atoms with Gasteiger partial charge in [0, 0.05) is 24.5 Å². The fourth-order valence-corrected chi connectivity index (χ4v) is 4.40. The van der Waals surface area contributed by atoms with Gasteiger partial charge in [0.2, 0.25) is 0 Å². The zero-order valence-electron chi connectivity index (χ0n) is 14.0. The van der Waals surface area contributed by atoms with Gasteiger partial charge in [0.25, 0.3) is 0 Å². The third-order valence-electron chi connectivity index (χ3n) is 4.67. The number of benzene rings is 1. The summed E-state index contributed by atoms with van der Waals surface area (Å²) in [4.78, 5) is 17.4. The van der Waals surface area contributed by atoms with Crippen LogP contribution in [0.1, 0.15) is 24.8 Å². The highest BCUT2D eigenvalue weighted by molar-refractivity contribution is 7.99. The first-order valence-corrected chi connectivity index (χ1v) is 9.82. The summed E-state index contributed by atoms with van der Waals surface area (Å²) in [5, 5.41) is 3.08. The van der Waals surface area contributed by atoms with Gasteiger partial charge in [-0.2, -0.15) is 11.8 Å². The van der Waals surface area contributed by atoms with E-state index in [1.54, 1.807) is 0 Å². The van der Waals surface area contributed by atoms with E-state index in [2.05, 4.69) is 22.0 Å². The average Bonchev–Trinajstić information content (AvgIpc) is 2.94. The normalized spacial score (nSPS) is 22.8. The molecule has 1 aromatic rings. The number of carbonyl (C=O) groups is 1. The number of amides is 2. The first kappa shape index (κ1) is 16.7. The van der Waals surface area contributed by atoms with E-state index in [9.17, 15) is 4.79 Å². The topological polar surface area (TPSA) is 35.6 Å². The molecule has 0 bridgehead atoms. The van der Waals surface area contributed by atoms with Crippen molar-refractivity contribution in [1.82, 2.24) is 9.80 Å². The highest BCUT2D eigenvalue weighted by Crippen LogP contribution is 2.20. The second-order valence-electron chi connectivity index (χ2n) is 6.58. The molecule has 23 heavy (non-hydrogen) atoms. The number of thioether (sulfide) groups is 1. The number of hydrogen-bond acceptors (Lipinski definition) is 3. The maximum atomic E-state index is 12.8. The van der Waals surface area contributed by atoms with Crippen molar-refractivity contribution >= 4 is 23.5 Å². The minimum Gasteiger partial charge on any atom is -0.319 e. The van der Waals surface area contributed by atoms with Gasteiger partial charge in [0.1, 0.15) is 0 Å². The van der Waals surface area contributed by atoms with Gasteiger partial charge in [-0.25, -0.2) is 4.79 Å². The molecule has 0 radical (unpaired) electrons. The molecule has 2 aliphatic rings. The van der Waals surface area contributed by atoms with E-state index < -0.39 is 0 Å². The van der Waals surface area contributed by atoms with E-state index in [1.807, 2.05) is 36.0 Å². The molecule has 1 aromatic carbocycles. The molecule has 1 unspecified atom stereocenters. The second-order valence-corrected chi connectivity index (χ2v) is 7.73. The molecule has 0 saturated carbocycles. The lowest BCUT2D eigenvalue weighted by Gasteiger charge is -2.32. The molecular weight excluding hydrogens is 306 g/mol. The Bertz CT molecular complexity index is 514. The Morgan fingerprint density at radius 1 is 1.17 bits per heavy atom. The average molecular weight is 334 g/mol. The van der Waals surface area contributed by atoms with Gasteiger partial charge >= 0.3 is 6.03 Å². The molecule has 0 aromatic heterocycles. The van der Waals surface area contributed by atoms with Crippen molar-refractivity contribution in [2.45, 2.75) is 32.2 Å². The summed E-state index contributed by atoms with van der Waals surface area (Å²) in [7, 11) is 0. The lowest BCUT2D eigenvalue weighted by molar-refractivity contribution is 0.173. The lowest BCUT2D eigenvalue weighted by atomic mass is 10.2. The molecule has 2 fully saturated rings. The van der Waals surface area contributed by atoms with Crippen LogP contribution in [0.25, 0.3) is 0 Å². The zero-order chi connectivity index (χ0) is 16.1. The fraction of sp³-hybridized carbons (Fsp3) is 0.611. The van der Waals surface area contributed by atoms with Gasteiger partial charge in [-0.15, -0.1) is 0 Å². The maximum absolute atomic E-state index is 12.8. The number of aryl methyl sites for hydroxylation is 1. The number of rotatable bonds is 3. The molecule has 2 aliphatic heterocycles. The Labute approximate surface area is 143 Å². The van der Waals surface area contributed by atoms with E-state index in [-0.39, 0.29) is 6.03 Å². The van der Waals surface area contributed by atoms with Crippen LogP contribution in [0.5, 0.6) is 0 Å². The van der Waals surface area contributed by atoms with Gasteiger partial charge in [-0.3, -0.25) is 0 Å². The summed E-state index contributed by atoms with van der Waals surface area (Å²) in [5.74, 6) is 2.21. The first-order chi connectivity index (χ1) is 11.2. The van der Waals surface area contributed by atoms with Crippen LogP contribution in [0.3, 0.4) is 0 Å². The lowest BCUT2D eigenvalue weighted by Crippen LogP contribution is -2.49. The number of anilines is 1. The van der Waals surface area contributed by atoms with Gasteiger partial charge in [0.05, 0.1) is 6.04 Å². The van der Waals surface area contributed by atoms with Crippen molar-refractivity contribution in [3.05, 3.63) is 29.8 Å². The summed E-state index contributed by atoms with van der Waals surface area (Å²) >= 11 is 1.99. The Kier molecular flexibility index (Phi) is 5.84. The van der Waals surface area contributed by atoms with Crippen LogP contribution >= 0.6 is 11.8 Å². The standard InChI is InChI=1S/C18H27N3OS/c1-15-5-7-16(8-6-15)19-18(22)21-11-4-12-23-14-17(21)13-20-9-2-3-10-20/h5-8,17H,2-4,9-14H2,1H3,(H,19,22). The van der Waals surface area contributed by atoms with Crippen LogP contribution in [0, 0.1) is 6.92 Å². The number of urea groups is 1. The summed E-state index contributed by atoms with van der Waals surface area (Å²) in [6.07, 6.45) is 3.69. The predicted octanol–water partition coefficient (Wildman–Crippen LogP) is 3.43. The third-order valence-corrected chi connectivity index (χ3v) is 5.87. The molecule has 2 amide bonds. The van der Waals surface area contributed by atoms with Gasteiger partial charge < -0.3 is 15.1 Å². The van der Waals surface area contributed by atoms with Crippen molar-refractivity contribution in [2.75, 3.05) is 43.0 Å². The van der Waals surface area contributed by atoms with E-state index >= 15 is 0 Å². The van der Waals surface area contributed by atoms with Crippen LogP contribution < -0.4 is 5.32 Å². The van der Waals surface area contributed by atoms with Gasteiger partial charge in [-0.1, -0.05) is 17.7 Å². The van der Waals surface area contributed by atoms with Crippen molar-refractivity contribution in [2.24, 2.45) is 0 Å². The Morgan fingerprint density at radius 3 is 2.65 bits per heavy atom. The smallest absolute Gasteiger partial charge is 0.319 e. The Morgan fingerprint density at radius 2 is 1.91 bits per heavy atom. The molecule has 1 atom stereocenters. The third kappa shape index (κ3) is 4.64. The highest BCUT2D eigenvalue weighted by Gasteiger charge is 2.28. The summed E-state index contributed by atoms with van der Waals surface area (Å²) < 4.78 is 0.